The van der Waals surface area contributed by atoms with Crippen molar-refractivity contribution in [2.45, 2.75) is 64.2 Å². The largest absolute Gasteiger partial charge is 0.480 e. The van der Waals surface area contributed by atoms with Gasteiger partial charge >= 0.3 is 0 Å². The predicted octanol–water partition coefficient (Wildman–Crippen LogP) is 5.86. The molecule has 2 aliphatic rings. The Labute approximate surface area is 244 Å². The van der Waals surface area contributed by atoms with E-state index >= 15 is 0 Å². The zero-order valence-corrected chi connectivity index (χ0v) is 26.5. The van der Waals surface area contributed by atoms with Crippen LogP contribution in [0.2, 0.25) is 18.1 Å². The van der Waals surface area contributed by atoms with Gasteiger partial charge in [-0.1, -0.05) is 27.7 Å². The number of hydrogen-bond acceptors (Lipinski definition) is 9. The fourth-order valence-electron chi connectivity index (χ4n) is 5.15. The molecule has 4 heterocycles. The van der Waals surface area contributed by atoms with Crippen molar-refractivity contribution in [1.82, 2.24) is 19.9 Å². The van der Waals surface area contributed by atoms with Gasteiger partial charge in [0, 0.05) is 49.8 Å². The van der Waals surface area contributed by atoms with E-state index in [1.54, 1.807) is 13.3 Å². The topological polar surface area (TPSA) is 108 Å². The van der Waals surface area contributed by atoms with Crippen LogP contribution in [0, 0.1) is 11.3 Å². The van der Waals surface area contributed by atoms with Gasteiger partial charge in [0.25, 0.3) is 0 Å². The third-order valence-electron chi connectivity index (χ3n) is 8.84. The Hall–Kier alpha value is -3.52. The molecule has 41 heavy (non-hydrogen) atoms. The van der Waals surface area contributed by atoms with Gasteiger partial charge in [-0.15, -0.1) is 0 Å². The van der Waals surface area contributed by atoms with Crippen molar-refractivity contribution >= 4 is 25.6 Å². The van der Waals surface area contributed by atoms with Crippen molar-refractivity contribution in [2.75, 3.05) is 44.5 Å². The predicted molar refractivity (Wildman–Crippen MR) is 165 cm³/mol. The molecule has 0 fully saturated rings. The van der Waals surface area contributed by atoms with Crippen LogP contribution in [0.4, 0.5) is 17.3 Å². The number of pyridine rings is 1. The molecule has 0 radical (unpaired) electrons. The Balaban J connectivity index is 1.46. The number of nitrogens with one attached hydrogen (secondary N) is 2. The molecule has 9 nitrogen and oxygen atoms in total. The highest BCUT2D eigenvalue weighted by molar-refractivity contribution is 6.74. The molecule has 3 aromatic rings. The second-order valence-electron chi connectivity index (χ2n) is 13.1. The lowest BCUT2D eigenvalue weighted by Crippen LogP contribution is -2.45. The molecule has 0 saturated heterocycles. The zero-order chi connectivity index (χ0) is 29.6. The number of nitrogens with zero attached hydrogens (tertiary/aromatic N) is 5. The lowest BCUT2D eigenvalue weighted by Gasteiger charge is -2.39. The fraction of sp³-hybridized carbons (Fsp3) is 0.484. The van der Waals surface area contributed by atoms with Gasteiger partial charge < -0.3 is 24.7 Å². The summed E-state index contributed by atoms with van der Waals surface area (Å²) in [5.41, 5.74) is 6.87. The molecule has 0 bridgehead atoms. The fourth-order valence-corrected chi connectivity index (χ4v) is 6.26. The van der Waals surface area contributed by atoms with Gasteiger partial charge in [-0.2, -0.15) is 5.26 Å². The number of anilines is 3. The first-order chi connectivity index (χ1) is 19.3. The first-order valence-electron chi connectivity index (χ1n) is 14.2. The van der Waals surface area contributed by atoms with Gasteiger partial charge in [0.2, 0.25) is 11.8 Å². The number of rotatable bonds is 7. The summed E-state index contributed by atoms with van der Waals surface area (Å²) in [4.78, 5) is 16.3. The molecule has 0 spiro atoms. The molecule has 216 valence electrons. The number of hydrogen-bond donors (Lipinski definition) is 2. The Morgan fingerprint density at radius 1 is 1.22 bits per heavy atom. The Morgan fingerprint density at radius 2 is 2.00 bits per heavy atom. The molecule has 0 unspecified atom stereocenters. The van der Waals surface area contributed by atoms with Gasteiger partial charge in [0.1, 0.15) is 11.8 Å². The lowest BCUT2D eigenvalue weighted by atomic mass is 9.83. The van der Waals surface area contributed by atoms with Crippen LogP contribution >= 0.6 is 0 Å². The number of ether oxygens (including phenoxy) is 1. The summed E-state index contributed by atoms with van der Waals surface area (Å²) < 4.78 is 12.3. The minimum absolute atomic E-state index is 0.119. The maximum Gasteiger partial charge on any atom is 0.237 e. The summed E-state index contributed by atoms with van der Waals surface area (Å²) in [5.74, 6) is 0.961. The molecule has 2 N–H and O–H groups in total. The normalized spacial score (nSPS) is 18.7. The van der Waals surface area contributed by atoms with E-state index in [1.807, 2.05) is 12.1 Å². The smallest absolute Gasteiger partial charge is 0.237 e. The van der Waals surface area contributed by atoms with E-state index < -0.39 is 8.32 Å². The second kappa shape index (κ2) is 10.7. The first kappa shape index (κ1) is 29.0. The quantitative estimate of drug-likeness (QED) is 0.337. The minimum atomic E-state index is -1.95. The Kier molecular flexibility index (Phi) is 7.57. The summed E-state index contributed by atoms with van der Waals surface area (Å²) in [6, 6.07) is 10.4. The lowest BCUT2D eigenvalue weighted by molar-refractivity contribution is 0.220. The SMILES string of the molecule is COc1nc2c(cc1Nc1nccc(-c3cc(C#N)c4c(c3)[C@@](C)(CO[Si](C)(C)C(C)(C)C)CN4)n1)CN(C)CC2. The monoisotopic (exact) mass is 571 g/mol. The third-order valence-corrected chi connectivity index (χ3v) is 13.3. The second-order valence-corrected chi connectivity index (χ2v) is 17.9. The van der Waals surface area contributed by atoms with Crippen molar-refractivity contribution in [3.63, 3.8) is 0 Å². The highest BCUT2D eigenvalue weighted by atomic mass is 28.4. The van der Waals surface area contributed by atoms with E-state index in [9.17, 15) is 5.26 Å². The third kappa shape index (κ3) is 5.67. The van der Waals surface area contributed by atoms with E-state index in [2.05, 4.69) is 86.6 Å². The van der Waals surface area contributed by atoms with E-state index in [4.69, 9.17) is 19.1 Å². The highest BCUT2D eigenvalue weighted by Gasteiger charge is 2.42. The van der Waals surface area contributed by atoms with Crippen molar-refractivity contribution in [3.8, 4) is 23.2 Å². The summed E-state index contributed by atoms with van der Waals surface area (Å²) in [6.07, 6.45) is 2.62. The van der Waals surface area contributed by atoms with Gasteiger partial charge in [0.05, 0.1) is 29.7 Å². The molecule has 1 aromatic carbocycles. The van der Waals surface area contributed by atoms with E-state index in [0.29, 0.717) is 30.5 Å². The molecule has 1 atom stereocenters. The van der Waals surface area contributed by atoms with Crippen LogP contribution in [0.15, 0.2) is 30.5 Å². The molecule has 0 amide bonds. The van der Waals surface area contributed by atoms with Gasteiger partial charge in [-0.25, -0.2) is 15.0 Å². The maximum absolute atomic E-state index is 10.0. The molecule has 5 rings (SSSR count). The number of methoxy groups -OCH3 is 1. The van der Waals surface area contributed by atoms with Crippen molar-refractivity contribution in [2.24, 2.45) is 0 Å². The highest BCUT2D eigenvalue weighted by Crippen LogP contribution is 2.44. The average Bonchev–Trinajstić information content (AvgIpc) is 3.27. The zero-order valence-electron chi connectivity index (χ0n) is 25.5. The van der Waals surface area contributed by atoms with Crippen LogP contribution in [-0.4, -0.2) is 62.0 Å². The molecule has 2 aromatic heterocycles. The summed E-state index contributed by atoms with van der Waals surface area (Å²) in [7, 11) is 1.79. The molecular weight excluding hydrogens is 530 g/mol. The van der Waals surface area contributed by atoms with Gasteiger partial charge in [0.15, 0.2) is 8.32 Å². The van der Waals surface area contributed by atoms with Crippen LogP contribution in [-0.2, 0) is 22.8 Å². The number of fused-ring (bicyclic) bond motifs is 2. The van der Waals surface area contributed by atoms with Crippen molar-refractivity contribution < 1.29 is 9.16 Å². The molecule has 2 aliphatic heterocycles. The van der Waals surface area contributed by atoms with Crippen molar-refractivity contribution in [3.05, 3.63) is 52.8 Å². The number of likely N-dealkylation sites (N-methyl/N-ethyl adjacent to an activating group) is 1. The van der Waals surface area contributed by atoms with Crippen LogP contribution < -0.4 is 15.4 Å². The van der Waals surface area contributed by atoms with Crippen LogP contribution in [0.3, 0.4) is 0 Å². The van der Waals surface area contributed by atoms with E-state index in [1.165, 1.54) is 5.56 Å². The summed E-state index contributed by atoms with van der Waals surface area (Å²) in [5, 5.41) is 17.0. The van der Waals surface area contributed by atoms with Crippen molar-refractivity contribution in [1.29, 1.82) is 5.26 Å². The van der Waals surface area contributed by atoms with Crippen LogP contribution in [0.5, 0.6) is 5.88 Å². The molecule has 0 saturated carbocycles. The van der Waals surface area contributed by atoms with Gasteiger partial charge in [-0.3, -0.25) is 0 Å². The summed E-state index contributed by atoms with van der Waals surface area (Å²) in [6.45, 7) is 16.6. The number of benzene rings is 1. The molecule has 10 heteroatoms. The van der Waals surface area contributed by atoms with E-state index in [-0.39, 0.29) is 10.5 Å². The molecular formula is C31H41N7O2Si. The van der Waals surface area contributed by atoms with Gasteiger partial charge in [-0.05, 0) is 60.6 Å². The Morgan fingerprint density at radius 3 is 2.71 bits per heavy atom. The standard InChI is InChI=1S/C31H41N7O2Si/c1-30(2,3)41(7,8)40-19-31(4)18-34-27-21(16-32)13-20(14-23(27)31)24-9-11-33-29(36-24)37-26-15-22-17-38(5)12-10-25(22)35-28(26)39-6/h9,11,13-15,34H,10,12,17-19H2,1-8H3,(H,33,36,37)/t31-/m1/s1. The number of nitriles is 1. The molecule has 0 aliphatic carbocycles. The van der Waals surface area contributed by atoms with E-state index in [0.717, 1.165) is 53.4 Å². The minimum Gasteiger partial charge on any atom is -0.480 e. The average molecular weight is 572 g/mol. The maximum atomic E-state index is 10.0. The van der Waals surface area contributed by atoms with Crippen LogP contribution in [0.25, 0.3) is 11.3 Å². The number of aromatic nitrogens is 3. The Bertz CT molecular complexity index is 1510. The first-order valence-corrected chi connectivity index (χ1v) is 17.1. The van der Waals surface area contributed by atoms with Crippen LogP contribution in [0.1, 0.15) is 50.1 Å². The summed E-state index contributed by atoms with van der Waals surface area (Å²) >= 11 is 0.